The normalized spacial score (nSPS) is 10.7. The van der Waals surface area contributed by atoms with Crippen molar-refractivity contribution in [2.45, 2.75) is 13.8 Å². The van der Waals surface area contributed by atoms with Gasteiger partial charge < -0.3 is 14.6 Å². The zero-order valence-corrected chi connectivity index (χ0v) is 14.6. The first kappa shape index (κ1) is 16.8. The molecule has 0 aliphatic rings. The highest BCUT2D eigenvalue weighted by molar-refractivity contribution is 7.20. The van der Waals surface area contributed by atoms with Crippen LogP contribution in [-0.2, 0) is 11.8 Å². The van der Waals surface area contributed by atoms with E-state index in [4.69, 9.17) is 4.74 Å². The zero-order chi connectivity index (χ0) is 18.1. The van der Waals surface area contributed by atoms with Gasteiger partial charge in [-0.05, 0) is 36.8 Å². The van der Waals surface area contributed by atoms with Crippen molar-refractivity contribution < 1.29 is 14.3 Å². The first-order valence-corrected chi connectivity index (χ1v) is 8.23. The Bertz CT molecular complexity index is 1030. The maximum atomic E-state index is 12.4. The molecule has 0 saturated heterocycles. The molecule has 0 spiro atoms. The number of thiophene rings is 1. The summed E-state index contributed by atoms with van der Waals surface area (Å²) in [6.07, 6.45) is 1.43. The average Bonchev–Trinajstić information content (AvgIpc) is 2.90. The number of anilines is 1. The third kappa shape index (κ3) is 3.29. The molecule has 1 amide bonds. The lowest BCUT2D eigenvalue weighted by atomic mass is 10.2. The van der Waals surface area contributed by atoms with Crippen molar-refractivity contribution in [2.24, 2.45) is 7.05 Å². The second kappa shape index (κ2) is 6.48. The predicted molar refractivity (Wildman–Crippen MR) is 95.3 cm³/mol. The Kier molecular flexibility index (Phi) is 4.37. The smallest absolute Gasteiger partial charge is 0.354 e. The van der Waals surface area contributed by atoms with E-state index in [1.807, 2.05) is 0 Å². The number of hydrogen-bond donors (Lipinski definition) is 1. The van der Waals surface area contributed by atoms with Crippen molar-refractivity contribution in [3.05, 3.63) is 51.4 Å². The number of ether oxygens (including phenoxy) is 1. The topological polar surface area (TPSA) is 90.3 Å². The van der Waals surface area contributed by atoms with E-state index in [9.17, 15) is 14.4 Å². The monoisotopic (exact) mass is 357 g/mol. The molecule has 0 atom stereocenters. The van der Waals surface area contributed by atoms with E-state index in [1.54, 1.807) is 38.2 Å². The Morgan fingerprint density at radius 2 is 1.92 bits per heavy atom. The molecule has 0 unspecified atom stereocenters. The number of rotatable bonds is 3. The van der Waals surface area contributed by atoms with Gasteiger partial charge in [0.15, 0.2) is 0 Å². The summed E-state index contributed by atoms with van der Waals surface area (Å²) in [5, 5.41) is 3.07. The van der Waals surface area contributed by atoms with Crippen LogP contribution in [0.2, 0.25) is 0 Å². The van der Waals surface area contributed by atoms with E-state index in [-0.39, 0.29) is 11.5 Å². The van der Waals surface area contributed by atoms with Crippen molar-refractivity contribution in [3.63, 3.8) is 0 Å². The summed E-state index contributed by atoms with van der Waals surface area (Å²) in [5.74, 6) is -0.383. The van der Waals surface area contributed by atoms with Gasteiger partial charge in [0.25, 0.3) is 5.56 Å². The van der Waals surface area contributed by atoms with Crippen LogP contribution >= 0.6 is 11.3 Å². The number of aryl methyl sites for hydroxylation is 2. The van der Waals surface area contributed by atoms with Crippen molar-refractivity contribution in [2.75, 3.05) is 5.32 Å². The molecule has 128 valence electrons. The first-order chi connectivity index (χ1) is 11.9. The second-order valence-electron chi connectivity index (χ2n) is 5.49. The van der Waals surface area contributed by atoms with Gasteiger partial charge in [-0.25, -0.2) is 9.78 Å². The number of esters is 1. The summed E-state index contributed by atoms with van der Waals surface area (Å²) in [6, 6.07) is 6.45. The molecule has 2 heterocycles. The maximum absolute atomic E-state index is 12.4. The molecule has 0 aliphatic heterocycles. The van der Waals surface area contributed by atoms with Crippen LogP contribution in [-0.4, -0.2) is 21.4 Å². The minimum Gasteiger partial charge on any atom is -0.422 e. The summed E-state index contributed by atoms with van der Waals surface area (Å²) >= 11 is 1.13. The van der Waals surface area contributed by atoms with Crippen LogP contribution in [0.1, 0.15) is 22.2 Å². The van der Waals surface area contributed by atoms with E-state index in [0.717, 1.165) is 11.3 Å². The van der Waals surface area contributed by atoms with Crippen LogP contribution in [0, 0.1) is 6.92 Å². The Morgan fingerprint density at radius 3 is 2.56 bits per heavy atom. The largest absolute Gasteiger partial charge is 0.422 e. The number of nitrogens with one attached hydrogen (secondary N) is 1. The Balaban J connectivity index is 1.88. The van der Waals surface area contributed by atoms with Gasteiger partial charge in [-0.2, -0.15) is 0 Å². The number of fused-ring (bicyclic) bond motifs is 1. The minimum absolute atomic E-state index is 0.181. The van der Waals surface area contributed by atoms with Crippen molar-refractivity contribution in [1.82, 2.24) is 9.55 Å². The SMILES string of the molecule is CC(=O)Nc1ccc(OC(=O)c2sc3ncn(C)c(=O)c3c2C)cc1. The molecular weight excluding hydrogens is 342 g/mol. The van der Waals surface area contributed by atoms with Crippen LogP contribution in [0.5, 0.6) is 5.75 Å². The molecule has 3 rings (SSSR count). The molecule has 3 aromatic rings. The van der Waals surface area contributed by atoms with Crippen LogP contribution in [0.4, 0.5) is 5.69 Å². The average molecular weight is 357 g/mol. The van der Waals surface area contributed by atoms with E-state index < -0.39 is 5.97 Å². The van der Waals surface area contributed by atoms with Crippen molar-refractivity contribution >= 4 is 39.1 Å². The summed E-state index contributed by atoms with van der Waals surface area (Å²) in [5.41, 5.74) is 0.976. The number of aromatic nitrogens is 2. The highest BCUT2D eigenvalue weighted by Crippen LogP contribution is 2.28. The fourth-order valence-electron chi connectivity index (χ4n) is 2.37. The number of carbonyl (C=O) groups excluding carboxylic acids is 2. The molecule has 0 fully saturated rings. The predicted octanol–water partition coefficient (Wildman–Crippen LogP) is 2.48. The lowest BCUT2D eigenvalue weighted by molar-refractivity contribution is -0.114. The molecule has 0 radical (unpaired) electrons. The highest BCUT2D eigenvalue weighted by atomic mass is 32.1. The molecule has 8 heteroatoms. The lowest BCUT2D eigenvalue weighted by Crippen LogP contribution is -2.17. The molecule has 1 N–H and O–H groups in total. The second-order valence-corrected chi connectivity index (χ2v) is 6.49. The zero-order valence-electron chi connectivity index (χ0n) is 13.8. The van der Waals surface area contributed by atoms with Crippen LogP contribution < -0.4 is 15.6 Å². The molecular formula is C17H15N3O4S. The minimum atomic E-state index is -0.546. The van der Waals surface area contributed by atoms with Gasteiger partial charge in [0, 0.05) is 19.7 Å². The third-order valence-electron chi connectivity index (χ3n) is 3.58. The summed E-state index contributed by atoms with van der Waals surface area (Å²) in [4.78, 5) is 40.7. The summed E-state index contributed by atoms with van der Waals surface area (Å²) < 4.78 is 6.74. The van der Waals surface area contributed by atoms with Crippen LogP contribution in [0.25, 0.3) is 10.2 Å². The summed E-state index contributed by atoms with van der Waals surface area (Å²) in [7, 11) is 1.61. The molecule has 0 saturated carbocycles. The number of nitrogens with zero attached hydrogens (tertiary/aromatic N) is 2. The number of amides is 1. The molecule has 25 heavy (non-hydrogen) atoms. The maximum Gasteiger partial charge on any atom is 0.354 e. The lowest BCUT2D eigenvalue weighted by Gasteiger charge is -2.05. The van der Waals surface area contributed by atoms with Gasteiger partial charge in [-0.15, -0.1) is 11.3 Å². The van der Waals surface area contributed by atoms with E-state index in [1.165, 1.54) is 17.8 Å². The van der Waals surface area contributed by atoms with E-state index in [2.05, 4.69) is 10.3 Å². The Morgan fingerprint density at radius 1 is 1.24 bits per heavy atom. The van der Waals surface area contributed by atoms with Gasteiger partial charge in [0.05, 0.1) is 11.7 Å². The standard InChI is InChI=1S/C17H15N3O4S/c1-9-13-15(18-8-20(3)16(13)22)25-14(9)17(23)24-12-6-4-11(5-7-12)19-10(2)21/h4-8H,1-3H3,(H,19,21). The van der Waals surface area contributed by atoms with Gasteiger partial charge in [0.2, 0.25) is 5.91 Å². The highest BCUT2D eigenvalue weighted by Gasteiger charge is 2.20. The van der Waals surface area contributed by atoms with Crippen molar-refractivity contribution in [3.8, 4) is 5.75 Å². The van der Waals surface area contributed by atoms with Crippen molar-refractivity contribution in [1.29, 1.82) is 0 Å². The molecule has 0 bridgehead atoms. The van der Waals surface area contributed by atoms with E-state index >= 15 is 0 Å². The van der Waals surface area contributed by atoms with Gasteiger partial charge in [-0.3, -0.25) is 9.59 Å². The molecule has 7 nitrogen and oxygen atoms in total. The van der Waals surface area contributed by atoms with Crippen LogP contribution in [0.3, 0.4) is 0 Å². The molecule has 1 aromatic carbocycles. The quantitative estimate of drug-likeness (QED) is 0.574. The van der Waals surface area contributed by atoms with E-state index in [0.29, 0.717) is 32.1 Å². The number of hydrogen-bond acceptors (Lipinski definition) is 6. The fraction of sp³-hybridized carbons (Fsp3) is 0.176. The van der Waals surface area contributed by atoms with Gasteiger partial charge in [-0.1, -0.05) is 0 Å². The van der Waals surface area contributed by atoms with Crippen LogP contribution in [0.15, 0.2) is 35.4 Å². The fourth-order valence-corrected chi connectivity index (χ4v) is 3.38. The first-order valence-electron chi connectivity index (χ1n) is 7.41. The Labute approximate surface area is 146 Å². The number of benzene rings is 1. The Hall–Kier alpha value is -3.00. The van der Waals surface area contributed by atoms with Gasteiger partial charge >= 0.3 is 5.97 Å². The molecule has 2 aromatic heterocycles. The van der Waals surface area contributed by atoms with Gasteiger partial charge in [0.1, 0.15) is 15.5 Å². The number of carbonyl (C=O) groups is 2. The summed E-state index contributed by atoms with van der Waals surface area (Å²) in [6.45, 7) is 3.12. The molecule has 0 aliphatic carbocycles. The third-order valence-corrected chi connectivity index (χ3v) is 4.76.